The van der Waals surface area contributed by atoms with Crippen LogP contribution in [0.3, 0.4) is 0 Å². The van der Waals surface area contributed by atoms with Gasteiger partial charge in [0.1, 0.15) is 12.4 Å². The van der Waals surface area contributed by atoms with Gasteiger partial charge in [0.15, 0.2) is 5.78 Å². The third-order valence-corrected chi connectivity index (χ3v) is 6.65. The molecule has 1 N–H and O–H groups in total. The van der Waals surface area contributed by atoms with Crippen LogP contribution >= 0.6 is 0 Å². The predicted molar refractivity (Wildman–Crippen MR) is 177 cm³/mol. The van der Waals surface area contributed by atoms with Crippen molar-refractivity contribution in [2.24, 2.45) is 5.92 Å². The Labute approximate surface area is 255 Å². The molecule has 0 spiro atoms. The molecule has 3 nitrogen and oxygen atoms in total. The molecule has 1 unspecified atom stereocenters. The van der Waals surface area contributed by atoms with E-state index in [9.17, 15) is 18.4 Å². The average molecular weight is 589 g/mol. The lowest BCUT2D eigenvalue weighted by molar-refractivity contribution is -0.133. The number of carbonyl (C=O) groups excluding carboxylic acids is 2. The van der Waals surface area contributed by atoms with Crippen molar-refractivity contribution in [3.05, 3.63) is 66.2 Å². The molecular formula is C37H58F2O3. The number of Topliss-reactive ketones (excluding diaryl/α,β-unsaturated/α-hetero) is 2. The van der Waals surface area contributed by atoms with Crippen LogP contribution in [0.4, 0.5) is 8.78 Å². The van der Waals surface area contributed by atoms with Crippen LogP contribution in [-0.2, 0) is 16.0 Å². The summed E-state index contributed by atoms with van der Waals surface area (Å²) in [6.07, 6.45) is 8.91. The van der Waals surface area contributed by atoms with Crippen LogP contribution in [0.1, 0.15) is 124 Å². The maximum atomic E-state index is 11.7. The Morgan fingerprint density at radius 3 is 1.57 bits per heavy atom. The smallest absolute Gasteiger partial charge is 0.238 e. The fraction of sp³-hybridized carbons (Fsp3) is 0.568. The van der Waals surface area contributed by atoms with Gasteiger partial charge in [0.05, 0.1) is 5.92 Å². The van der Waals surface area contributed by atoms with E-state index >= 15 is 0 Å². The van der Waals surface area contributed by atoms with E-state index in [0.29, 0.717) is 0 Å². The lowest BCUT2D eigenvalue weighted by Crippen LogP contribution is -2.25. The summed E-state index contributed by atoms with van der Waals surface area (Å²) in [5, 5.41) is 8.43. The molecule has 0 radical (unpaired) electrons. The van der Waals surface area contributed by atoms with E-state index in [4.69, 9.17) is 5.11 Å². The number of hydrogen-bond donors (Lipinski definition) is 1. The van der Waals surface area contributed by atoms with Crippen LogP contribution in [-0.4, -0.2) is 29.7 Å². The second-order valence-electron chi connectivity index (χ2n) is 10.3. The summed E-state index contributed by atoms with van der Waals surface area (Å²) in [5.41, 5.74) is 6.33. The first-order valence-corrected chi connectivity index (χ1v) is 15.9. The number of hydrogen-bond acceptors (Lipinski definition) is 3. The van der Waals surface area contributed by atoms with E-state index in [0.717, 1.165) is 12.5 Å². The molecule has 238 valence electrons. The van der Waals surface area contributed by atoms with Crippen molar-refractivity contribution in [3.63, 3.8) is 0 Å². The molecule has 0 amide bonds. The van der Waals surface area contributed by atoms with Crippen LogP contribution in [0.15, 0.2) is 55.1 Å². The second kappa shape index (κ2) is 27.2. The minimum absolute atomic E-state index is 0.188. The van der Waals surface area contributed by atoms with E-state index in [1.807, 2.05) is 20.8 Å². The van der Waals surface area contributed by atoms with E-state index in [-0.39, 0.29) is 6.42 Å². The lowest BCUT2D eigenvalue weighted by atomic mass is 9.95. The van der Waals surface area contributed by atoms with Crippen molar-refractivity contribution in [2.45, 2.75) is 126 Å². The molecular weight excluding hydrogens is 530 g/mol. The van der Waals surface area contributed by atoms with Gasteiger partial charge in [0, 0.05) is 6.42 Å². The Balaban J connectivity index is 0. The number of ketones is 2. The third-order valence-electron chi connectivity index (χ3n) is 6.65. The second-order valence-corrected chi connectivity index (χ2v) is 10.3. The molecule has 0 aliphatic carbocycles. The Bertz CT molecular complexity index is 946. The highest BCUT2D eigenvalue weighted by atomic mass is 19.3. The zero-order valence-corrected chi connectivity index (χ0v) is 27.5. The van der Waals surface area contributed by atoms with Crippen molar-refractivity contribution in [1.82, 2.24) is 0 Å². The van der Waals surface area contributed by atoms with Crippen molar-refractivity contribution in [1.29, 1.82) is 0 Å². The highest BCUT2D eigenvalue weighted by Gasteiger charge is 2.23. The highest BCUT2D eigenvalue weighted by Crippen LogP contribution is 2.23. The number of alkyl halides is 2. The van der Waals surface area contributed by atoms with Crippen molar-refractivity contribution < 1.29 is 23.5 Å². The van der Waals surface area contributed by atoms with Gasteiger partial charge < -0.3 is 5.11 Å². The minimum Gasteiger partial charge on any atom is -0.389 e. The van der Waals surface area contributed by atoms with Gasteiger partial charge in [-0.2, -0.15) is 0 Å². The average Bonchev–Trinajstić information content (AvgIpc) is 2.99. The SMILES string of the molecule is C=C(C)c1ccc(-c2ccc(CCCCC)cc2)cc1.CC.CC(=O)C(CCC(F)F)C(=O)CO.CCCCCCC. The van der Waals surface area contributed by atoms with E-state index in [1.54, 1.807) is 0 Å². The molecule has 5 heteroatoms. The van der Waals surface area contributed by atoms with Gasteiger partial charge in [-0.3, -0.25) is 9.59 Å². The van der Waals surface area contributed by atoms with E-state index in [1.165, 1.54) is 80.0 Å². The molecule has 0 fully saturated rings. The van der Waals surface area contributed by atoms with Gasteiger partial charge in [-0.25, -0.2) is 8.78 Å². The Kier molecular flexibility index (Phi) is 26.9. The molecule has 1 atom stereocenters. The quantitative estimate of drug-likeness (QED) is 0.157. The maximum Gasteiger partial charge on any atom is 0.238 e. The number of aliphatic hydroxyl groups is 1. The van der Waals surface area contributed by atoms with Crippen molar-refractivity contribution in [3.8, 4) is 11.1 Å². The molecule has 0 aliphatic heterocycles. The van der Waals surface area contributed by atoms with Crippen molar-refractivity contribution >= 4 is 17.1 Å². The fourth-order valence-corrected chi connectivity index (χ4v) is 4.06. The molecule has 2 aromatic carbocycles. The molecule has 42 heavy (non-hydrogen) atoms. The van der Waals surface area contributed by atoms with Gasteiger partial charge in [-0.05, 0) is 55.4 Å². The van der Waals surface area contributed by atoms with Crippen LogP contribution in [0.25, 0.3) is 16.7 Å². The molecule has 2 rings (SSSR count). The largest absolute Gasteiger partial charge is 0.389 e. The summed E-state index contributed by atoms with van der Waals surface area (Å²) in [7, 11) is 0. The Morgan fingerprint density at radius 1 is 0.738 bits per heavy atom. The van der Waals surface area contributed by atoms with Gasteiger partial charge in [-0.15, -0.1) is 0 Å². The van der Waals surface area contributed by atoms with Crippen LogP contribution in [0.2, 0.25) is 0 Å². The normalized spacial score (nSPS) is 10.7. The van der Waals surface area contributed by atoms with Gasteiger partial charge in [0.2, 0.25) is 6.43 Å². The predicted octanol–water partition coefficient (Wildman–Crippen LogP) is 10.9. The van der Waals surface area contributed by atoms with Gasteiger partial charge >= 0.3 is 0 Å². The summed E-state index contributed by atoms with van der Waals surface area (Å²) in [6, 6.07) is 17.6. The summed E-state index contributed by atoms with van der Waals surface area (Å²) in [5.74, 6) is -2.23. The van der Waals surface area contributed by atoms with Gasteiger partial charge in [0.25, 0.3) is 0 Å². The Morgan fingerprint density at radius 2 is 1.19 bits per heavy atom. The molecule has 0 aliphatic rings. The zero-order valence-electron chi connectivity index (χ0n) is 27.5. The number of allylic oxidation sites excluding steroid dienone is 1. The number of aliphatic hydroxyl groups excluding tert-OH is 1. The zero-order chi connectivity index (χ0) is 32.3. The summed E-state index contributed by atoms with van der Waals surface area (Å²) in [6.45, 7) is 17.1. The Hall–Kier alpha value is -2.66. The van der Waals surface area contributed by atoms with E-state index < -0.39 is 36.9 Å². The summed E-state index contributed by atoms with van der Waals surface area (Å²) < 4.78 is 23.5. The van der Waals surface area contributed by atoms with Crippen LogP contribution in [0.5, 0.6) is 0 Å². The highest BCUT2D eigenvalue weighted by molar-refractivity contribution is 6.01. The number of unbranched alkanes of at least 4 members (excludes halogenated alkanes) is 6. The standard InChI is InChI=1S/C20H24.C8H12F2O3.C7H16.C2H6/c1-4-5-6-7-17-8-10-19(11-9-17)20-14-12-18(13-15-20)16(2)3;1-5(12)6(7(13)4-11)2-3-8(9)10;1-3-5-7-6-4-2;1-2/h8-15H,2,4-7H2,1,3H3;6,8,11H,2-4H2,1H3;3-7H2,1-2H3;1-2H3. The first-order chi connectivity index (χ1) is 20.1. The number of aryl methyl sites for hydroxylation is 1. The number of carbonyl (C=O) groups is 2. The first-order valence-electron chi connectivity index (χ1n) is 15.9. The number of rotatable bonds is 16. The third kappa shape index (κ3) is 20.3. The van der Waals surface area contributed by atoms with Crippen LogP contribution in [0, 0.1) is 5.92 Å². The first kappa shape index (κ1) is 41.5. The topological polar surface area (TPSA) is 54.4 Å². The number of benzene rings is 2. The molecule has 0 heterocycles. The lowest BCUT2D eigenvalue weighted by Gasteiger charge is -2.09. The monoisotopic (exact) mass is 588 g/mol. The van der Waals surface area contributed by atoms with Crippen molar-refractivity contribution in [2.75, 3.05) is 6.61 Å². The summed E-state index contributed by atoms with van der Waals surface area (Å²) >= 11 is 0. The van der Waals surface area contributed by atoms with Crippen LogP contribution < -0.4 is 0 Å². The van der Waals surface area contributed by atoms with E-state index in [2.05, 4.69) is 75.9 Å². The molecule has 2 aromatic rings. The molecule has 0 saturated carbocycles. The fourth-order valence-electron chi connectivity index (χ4n) is 4.06. The summed E-state index contributed by atoms with van der Waals surface area (Å²) in [4.78, 5) is 21.6. The van der Waals surface area contributed by atoms with Gasteiger partial charge in [-0.1, -0.05) is 140 Å². The molecule has 0 saturated heterocycles. The number of halogens is 2. The maximum absolute atomic E-state index is 11.7. The minimum atomic E-state index is -2.52. The molecule has 0 aromatic heterocycles. The molecule has 0 bridgehead atoms.